The zero-order valence-electron chi connectivity index (χ0n) is 9.45. The Balaban J connectivity index is 2.82. The van der Waals surface area contributed by atoms with Crippen LogP contribution in [0.4, 0.5) is 0 Å². The molecule has 0 saturated heterocycles. The summed E-state index contributed by atoms with van der Waals surface area (Å²) in [6, 6.07) is 6.43. The van der Waals surface area contributed by atoms with Gasteiger partial charge in [0.1, 0.15) is 5.78 Å². The van der Waals surface area contributed by atoms with Crippen LogP contribution in [0.15, 0.2) is 24.3 Å². The third kappa shape index (κ3) is 3.12. The maximum Gasteiger partial charge on any atom is 0.170 e. The summed E-state index contributed by atoms with van der Waals surface area (Å²) in [7, 11) is 0. The van der Waals surface area contributed by atoms with Crippen LogP contribution in [0.1, 0.15) is 47.4 Å². The zero-order chi connectivity index (χ0) is 12.1. The van der Waals surface area contributed by atoms with Crippen LogP contribution in [0.2, 0.25) is 0 Å². The molecule has 1 aromatic rings. The first-order valence-electron chi connectivity index (χ1n) is 5.20. The van der Waals surface area contributed by atoms with Crippen LogP contribution in [0.3, 0.4) is 0 Å². The van der Waals surface area contributed by atoms with Crippen molar-refractivity contribution in [1.82, 2.24) is 0 Å². The third-order valence-corrected chi connectivity index (χ3v) is 2.26. The zero-order valence-corrected chi connectivity index (χ0v) is 9.45. The van der Waals surface area contributed by atoms with Crippen molar-refractivity contribution in [3.05, 3.63) is 35.4 Å². The molecule has 3 heteroatoms. The highest BCUT2D eigenvalue weighted by Crippen LogP contribution is 2.09. The lowest BCUT2D eigenvalue weighted by Crippen LogP contribution is -2.05. The SMILES string of the molecule is CCC(=O)c1ccc(C(=O)CC(C)=O)cc1. The van der Waals surface area contributed by atoms with Crippen LogP contribution in [0, 0.1) is 0 Å². The molecule has 0 radical (unpaired) electrons. The van der Waals surface area contributed by atoms with Crippen LogP contribution in [-0.2, 0) is 4.79 Å². The maximum absolute atomic E-state index is 11.5. The number of Topliss-reactive ketones (excluding diaryl/α,β-unsaturated/α-hetero) is 3. The molecule has 1 aromatic carbocycles. The molecule has 0 amide bonds. The Bertz CT molecular complexity index is 415. The Morgan fingerprint density at radius 2 is 1.38 bits per heavy atom. The second-order valence-electron chi connectivity index (χ2n) is 3.66. The van der Waals surface area contributed by atoms with Gasteiger partial charge in [0.05, 0.1) is 6.42 Å². The van der Waals surface area contributed by atoms with Crippen LogP contribution in [0.5, 0.6) is 0 Å². The smallest absolute Gasteiger partial charge is 0.170 e. The molecule has 0 aromatic heterocycles. The normalized spacial score (nSPS) is 9.88. The molecule has 0 aliphatic rings. The molecule has 0 unspecified atom stereocenters. The Morgan fingerprint density at radius 3 is 1.75 bits per heavy atom. The van der Waals surface area contributed by atoms with E-state index < -0.39 is 0 Å². The second kappa shape index (κ2) is 5.35. The van der Waals surface area contributed by atoms with Crippen LogP contribution >= 0.6 is 0 Å². The maximum atomic E-state index is 11.5. The van der Waals surface area contributed by atoms with Gasteiger partial charge in [0, 0.05) is 17.5 Å². The van der Waals surface area contributed by atoms with Crippen molar-refractivity contribution in [3.8, 4) is 0 Å². The Labute approximate surface area is 94.5 Å². The van der Waals surface area contributed by atoms with Gasteiger partial charge in [0.25, 0.3) is 0 Å². The predicted octanol–water partition coefficient (Wildman–Crippen LogP) is 2.44. The van der Waals surface area contributed by atoms with Crippen molar-refractivity contribution in [2.75, 3.05) is 0 Å². The largest absolute Gasteiger partial charge is 0.300 e. The van der Waals surface area contributed by atoms with Gasteiger partial charge in [-0.25, -0.2) is 0 Å². The number of carbonyl (C=O) groups excluding carboxylic acids is 3. The molecule has 1 rings (SSSR count). The lowest BCUT2D eigenvalue weighted by atomic mass is 10.0. The van der Waals surface area contributed by atoms with E-state index in [1.807, 2.05) is 0 Å². The van der Waals surface area contributed by atoms with E-state index in [0.717, 1.165) is 0 Å². The molecular weight excluding hydrogens is 204 g/mol. The monoisotopic (exact) mass is 218 g/mol. The van der Waals surface area contributed by atoms with Gasteiger partial charge in [0.15, 0.2) is 11.6 Å². The van der Waals surface area contributed by atoms with E-state index in [1.54, 1.807) is 31.2 Å². The van der Waals surface area contributed by atoms with Gasteiger partial charge in [-0.3, -0.25) is 14.4 Å². The minimum absolute atomic E-state index is 0.0468. The van der Waals surface area contributed by atoms with E-state index in [0.29, 0.717) is 17.5 Å². The van der Waals surface area contributed by atoms with Gasteiger partial charge in [-0.15, -0.1) is 0 Å². The van der Waals surface area contributed by atoms with E-state index in [-0.39, 0.29) is 23.8 Å². The fourth-order valence-electron chi connectivity index (χ4n) is 1.37. The summed E-state index contributed by atoms with van der Waals surface area (Å²) in [6.07, 6.45) is 0.363. The van der Waals surface area contributed by atoms with Gasteiger partial charge >= 0.3 is 0 Å². The molecule has 0 heterocycles. The van der Waals surface area contributed by atoms with E-state index >= 15 is 0 Å². The summed E-state index contributed by atoms with van der Waals surface area (Å²) in [4.78, 5) is 33.6. The fraction of sp³-hybridized carbons (Fsp3) is 0.308. The Hall–Kier alpha value is -1.77. The standard InChI is InChI=1S/C13H14O3/c1-3-12(15)10-4-6-11(7-5-10)13(16)8-9(2)14/h4-7H,3,8H2,1-2H3. The minimum Gasteiger partial charge on any atom is -0.300 e. The van der Waals surface area contributed by atoms with Crippen LogP contribution < -0.4 is 0 Å². The van der Waals surface area contributed by atoms with Crippen molar-refractivity contribution < 1.29 is 14.4 Å². The van der Waals surface area contributed by atoms with Gasteiger partial charge in [-0.1, -0.05) is 31.2 Å². The predicted molar refractivity (Wildman–Crippen MR) is 60.7 cm³/mol. The lowest BCUT2D eigenvalue weighted by molar-refractivity contribution is -0.116. The topological polar surface area (TPSA) is 51.2 Å². The second-order valence-corrected chi connectivity index (χ2v) is 3.66. The molecular formula is C13H14O3. The number of carbonyl (C=O) groups is 3. The summed E-state index contributed by atoms with van der Waals surface area (Å²) >= 11 is 0. The van der Waals surface area contributed by atoms with Gasteiger partial charge < -0.3 is 0 Å². The molecule has 0 N–H and O–H groups in total. The van der Waals surface area contributed by atoms with Crippen molar-refractivity contribution >= 4 is 17.3 Å². The average molecular weight is 218 g/mol. The fourth-order valence-corrected chi connectivity index (χ4v) is 1.37. The number of hydrogen-bond donors (Lipinski definition) is 0. The first-order valence-corrected chi connectivity index (χ1v) is 5.20. The van der Waals surface area contributed by atoms with Crippen LogP contribution in [0.25, 0.3) is 0 Å². The number of benzene rings is 1. The Morgan fingerprint density at radius 1 is 0.938 bits per heavy atom. The van der Waals surface area contributed by atoms with Gasteiger partial charge in [-0.05, 0) is 6.92 Å². The molecule has 0 bridgehead atoms. The molecule has 16 heavy (non-hydrogen) atoms. The number of hydrogen-bond acceptors (Lipinski definition) is 3. The van der Waals surface area contributed by atoms with E-state index in [4.69, 9.17) is 0 Å². The Kier molecular flexibility index (Phi) is 4.11. The molecule has 0 atom stereocenters. The first kappa shape index (κ1) is 12.3. The summed E-state index contributed by atoms with van der Waals surface area (Å²) in [6.45, 7) is 3.17. The molecule has 0 fully saturated rings. The quantitative estimate of drug-likeness (QED) is 0.563. The first-order chi connectivity index (χ1) is 7.54. The lowest BCUT2D eigenvalue weighted by Gasteiger charge is -2.01. The summed E-state index contributed by atoms with van der Waals surface area (Å²) in [5, 5.41) is 0. The highest BCUT2D eigenvalue weighted by molar-refractivity contribution is 6.07. The van der Waals surface area contributed by atoms with Crippen molar-refractivity contribution in [3.63, 3.8) is 0 Å². The summed E-state index contributed by atoms with van der Waals surface area (Å²) in [5.41, 5.74) is 1.07. The molecule has 0 spiro atoms. The summed E-state index contributed by atoms with van der Waals surface area (Å²) < 4.78 is 0. The van der Waals surface area contributed by atoms with E-state index in [9.17, 15) is 14.4 Å². The van der Waals surface area contributed by atoms with Gasteiger partial charge in [-0.2, -0.15) is 0 Å². The molecule has 0 aliphatic heterocycles. The number of ketones is 3. The number of rotatable bonds is 5. The molecule has 0 saturated carbocycles. The van der Waals surface area contributed by atoms with Gasteiger partial charge in [0.2, 0.25) is 0 Å². The van der Waals surface area contributed by atoms with Crippen LogP contribution in [-0.4, -0.2) is 17.3 Å². The highest BCUT2D eigenvalue weighted by atomic mass is 16.1. The van der Waals surface area contributed by atoms with E-state index in [1.165, 1.54) is 6.92 Å². The van der Waals surface area contributed by atoms with Crippen molar-refractivity contribution in [1.29, 1.82) is 0 Å². The van der Waals surface area contributed by atoms with E-state index in [2.05, 4.69) is 0 Å². The minimum atomic E-state index is -0.206. The van der Waals surface area contributed by atoms with Crippen molar-refractivity contribution in [2.24, 2.45) is 0 Å². The molecule has 0 aliphatic carbocycles. The highest BCUT2D eigenvalue weighted by Gasteiger charge is 2.09. The summed E-state index contributed by atoms with van der Waals surface area (Å²) in [5.74, 6) is -0.313. The third-order valence-electron chi connectivity index (χ3n) is 2.26. The molecule has 3 nitrogen and oxygen atoms in total. The average Bonchev–Trinajstić information content (AvgIpc) is 2.27. The molecule has 84 valence electrons. The van der Waals surface area contributed by atoms with Crippen molar-refractivity contribution in [2.45, 2.75) is 26.7 Å².